The molecule has 1 aromatic heterocycles. The SMILES string of the molecule is COc1ccccc1C1CNCCN1Cc1nc(-c2ccccc2)oc1C.Cl. The van der Waals surface area contributed by atoms with Crippen LogP contribution < -0.4 is 10.1 Å². The fourth-order valence-electron chi connectivity index (χ4n) is 3.66. The van der Waals surface area contributed by atoms with Crippen molar-refractivity contribution in [2.75, 3.05) is 26.7 Å². The van der Waals surface area contributed by atoms with Gasteiger partial charge in [-0.2, -0.15) is 0 Å². The molecule has 1 atom stereocenters. The summed E-state index contributed by atoms with van der Waals surface area (Å²) >= 11 is 0. The van der Waals surface area contributed by atoms with Gasteiger partial charge in [-0.05, 0) is 25.1 Å². The highest BCUT2D eigenvalue weighted by atomic mass is 35.5. The third-order valence-electron chi connectivity index (χ3n) is 5.12. The molecule has 1 saturated heterocycles. The molecule has 0 bridgehead atoms. The number of ether oxygens (including phenoxy) is 1. The van der Waals surface area contributed by atoms with Crippen molar-refractivity contribution in [1.29, 1.82) is 0 Å². The molecule has 3 aromatic rings. The van der Waals surface area contributed by atoms with E-state index in [4.69, 9.17) is 14.1 Å². The summed E-state index contributed by atoms with van der Waals surface area (Å²) < 4.78 is 11.5. The zero-order valence-corrected chi connectivity index (χ0v) is 17.0. The number of hydrogen-bond donors (Lipinski definition) is 1. The molecule has 1 N–H and O–H groups in total. The molecule has 4 rings (SSSR count). The molecule has 0 spiro atoms. The molecule has 0 aliphatic carbocycles. The molecule has 2 heterocycles. The number of aromatic nitrogens is 1. The van der Waals surface area contributed by atoms with Crippen LogP contribution in [0.1, 0.15) is 23.1 Å². The highest BCUT2D eigenvalue weighted by molar-refractivity contribution is 5.85. The molecule has 148 valence electrons. The van der Waals surface area contributed by atoms with Crippen LogP contribution >= 0.6 is 12.4 Å². The van der Waals surface area contributed by atoms with E-state index in [0.29, 0.717) is 5.89 Å². The fourth-order valence-corrected chi connectivity index (χ4v) is 3.66. The Hall–Kier alpha value is -2.34. The topological polar surface area (TPSA) is 50.5 Å². The summed E-state index contributed by atoms with van der Waals surface area (Å²) in [7, 11) is 1.73. The summed E-state index contributed by atoms with van der Waals surface area (Å²) in [6.07, 6.45) is 0. The van der Waals surface area contributed by atoms with Gasteiger partial charge in [0.1, 0.15) is 11.5 Å². The van der Waals surface area contributed by atoms with Crippen molar-refractivity contribution in [3.8, 4) is 17.2 Å². The number of benzene rings is 2. The number of nitrogens with zero attached hydrogens (tertiary/aromatic N) is 2. The molecule has 1 aliphatic rings. The van der Waals surface area contributed by atoms with Crippen LogP contribution in [0.5, 0.6) is 5.75 Å². The van der Waals surface area contributed by atoms with Crippen LogP contribution in [0.3, 0.4) is 0 Å². The van der Waals surface area contributed by atoms with Crippen molar-refractivity contribution in [1.82, 2.24) is 15.2 Å². The summed E-state index contributed by atoms with van der Waals surface area (Å²) in [5.74, 6) is 2.50. The largest absolute Gasteiger partial charge is 0.496 e. The lowest BCUT2D eigenvalue weighted by atomic mass is 10.0. The Morgan fingerprint density at radius 3 is 2.68 bits per heavy atom. The molecule has 0 radical (unpaired) electrons. The van der Waals surface area contributed by atoms with Crippen LogP contribution in [-0.2, 0) is 6.54 Å². The first-order valence-corrected chi connectivity index (χ1v) is 9.35. The predicted octanol–water partition coefficient (Wildman–Crippen LogP) is 4.23. The summed E-state index contributed by atoms with van der Waals surface area (Å²) in [5.41, 5.74) is 3.21. The van der Waals surface area contributed by atoms with Gasteiger partial charge >= 0.3 is 0 Å². The Balaban J connectivity index is 0.00000225. The van der Waals surface area contributed by atoms with E-state index in [-0.39, 0.29) is 18.4 Å². The molecule has 2 aromatic carbocycles. The number of aryl methyl sites for hydroxylation is 1. The van der Waals surface area contributed by atoms with Crippen molar-refractivity contribution in [3.05, 3.63) is 71.6 Å². The van der Waals surface area contributed by atoms with Gasteiger partial charge in [0.2, 0.25) is 5.89 Å². The molecule has 1 fully saturated rings. The number of nitrogens with one attached hydrogen (secondary N) is 1. The molecular formula is C22H26ClN3O2. The third kappa shape index (κ3) is 4.22. The first-order chi connectivity index (χ1) is 13.3. The van der Waals surface area contributed by atoms with Crippen molar-refractivity contribution >= 4 is 12.4 Å². The second-order valence-electron chi connectivity index (χ2n) is 6.82. The number of halogens is 1. The van der Waals surface area contributed by atoms with Gasteiger partial charge in [0.15, 0.2) is 0 Å². The minimum Gasteiger partial charge on any atom is -0.496 e. The van der Waals surface area contributed by atoms with Crippen molar-refractivity contribution in [2.45, 2.75) is 19.5 Å². The monoisotopic (exact) mass is 399 g/mol. The zero-order chi connectivity index (χ0) is 18.6. The molecule has 0 saturated carbocycles. The Morgan fingerprint density at radius 1 is 1.14 bits per heavy atom. The highest BCUT2D eigenvalue weighted by Crippen LogP contribution is 2.32. The van der Waals surface area contributed by atoms with Crippen LogP contribution in [0, 0.1) is 6.92 Å². The smallest absolute Gasteiger partial charge is 0.226 e. The Bertz CT molecular complexity index is 898. The number of piperazine rings is 1. The second kappa shape index (κ2) is 9.24. The van der Waals surface area contributed by atoms with Crippen molar-refractivity contribution < 1.29 is 9.15 Å². The molecule has 28 heavy (non-hydrogen) atoms. The van der Waals surface area contributed by atoms with Crippen LogP contribution in [-0.4, -0.2) is 36.6 Å². The lowest BCUT2D eigenvalue weighted by molar-refractivity contribution is 0.149. The Kier molecular flexibility index (Phi) is 6.73. The van der Waals surface area contributed by atoms with Gasteiger partial charge in [-0.1, -0.05) is 36.4 Å². The number of rotatable bonds is 5. The average molecular weight is 400 g/mol. The maximum Gasteiger partial charge on any atom is 0.226 e. The van der Waals surface area contributed by atoms with Crippen LogP contribution in [0.4, 0.5) is 0 Å². The Morgan fingerprint density at radius 2 is 1.89 bits per heavy atom. The van der Waals surface area contributed by atoms with Gasteiger partial charge in [0.05, 0.1) is 18.8 Å². The van der Waals surface area contributed by atoms with E-state index in [9.17, 15) is 0 Å². The lowest BCUT2D eigenvalue weighted by Crippen LogP contribution is -2.45. The van der Waals surface area contributed by atoms with Gasteiger partial charge in [-0.15, -0.1) is 12.4 Å². The van der Waals surface area contributed by atoms with Gasteiger partial charge in [0, 0.05) is 37.3 Å². The number of methoxy groups -OCH3 is 1. The molecular weight excluding hydrogens is 374 g/mol. The molecule has 1 aliphatic heterocycles. The number of para-hydroxylation sites is 1. The van der Waals surface area contributed by atoms with E-state index in [1.807, 2.05) is 49.4 Å². The molecule has 1 unspecified atom stereocenters. The maximum atomic E-state index is 5.95. The zero-order valence-electron chi connectivity index (χ0n) is 16.2. The highest BCUT2D eigenvalue weighted by Gasteiger charge is 2.27. The first-order valence-electron chi connectivity index (χ1n) is 9.35. The fraction of sp³-hybridized carbons (Fsp3) is 0.318. The van der Waals surface area contributed by atoms with Crippen molar-refractivity contribution in [3.63, 3.8) is 0 Å². The van der Waals surface area contributed by atoms with Crippen LogP contribution in [0.2, 0.25) is 0 Å². The summed E-state index contributed by atoms with van der Waals surface area (Å²) in [6.45, 7) is 5.56. The van der Waals surface area contributed by atoms with Crippen LogP contribution in [0.25, 0.3) is 11.5 Å². The molecule has 5 nitrogen and oxygen atoms in total. The maximum absolute atomic E-state index is 5.95. The van der Waals surface area contributed by atoms with E-state index < -0.39 is 0 Å². The molecule has 6 heteroatoms. The minimum atomic E-state index is 0. The lowest BCUT2D eigenvalue weighted by Gasteiger charge is -2.36. The minimum absolute atomic E-state index is 0. The van der Waals surface area contributed by atoms with Gasteiger partial charge < -0.3 is 14.5 Å². The number of hydrogen-bond acceptors (Lipinski definition) is 5. The second-order valence-corrected chi connectivity index (χ2v) is 6.82. The normalized spacial score (nSPS) is 17.1. The Labute approximate surface area is 172 Å². The summed E-state index contributed by atoms with van der Waals surface area (Å²) in [4.78, 5) is 7.24. The van der Waals surface area contributed by atoms with Gasteiger partial charge in [-0.3, -0.25) is 4.90 Å². The van der Waals surface area contributed by atoms with Crippen molar-refractivity contribution in [2.24, 2.45) is 0 Å². The first kappa shape index (κ1) is 20.4. The van der Waals surface area contributed by atoms with E-state index in [0.717, 1.165) is 48.9 Å². The van der Waals surface area contributed by atoms with E-state index in [2.05, 4.69) is 22.3 Å². The number of oxazole rings is 1. The predicted molar refractivity (Wildman–Crippen MR) is 113 cm³/mol. The van der Waals surface area contributed by atoms with E-state index >= 15 is 0 Å². The standard InChI is InChI=1S/C22H25N3O2.ClH/c1-16-19(24-22(27-16)17-8-4-3-5-9-17)15-25-13-12-23-14-20(25)18-10-6-7-11-21(18)26-2;/h3-11,20,23H,12-15H2,1-2H3;1H. The quantitative estimate of drug-likeness (QED) is 0.695. The summed E-state index contributed by atoms with van der Waals surface area (Å²) in [6, 6.07) is 18.5. The summed E-state index contributed by atoms with van der Waals surface area (Å²) in [5, 5.41) is 3.50. The average Bonchev–Trinajstić information content (AvgIpc) is 3.09. The van der Waals surface area contributed by atoms with Gasteiger partial charge in [-0.25, -0.2) is 4.98 Å². The van der Waals surface area contributed by atoms with E-state index in [1.165, 1.54) is 5.56 Å². The third-order valence-corrected chi connectivity index (χ3v) is 5.12. The van der Waals surface area contributed by atoms with E-state index in [1.54, 1.807) is 7.11 Å². The molecule has 0 amide bonds. The van der Waals surface area contributed by atoms with Gasteiger partial charge in [0.25, 0.3) is 0 Å². The van der Waals surface area contributed by atoms with Crippen LogP contribution in [0.15, 0.2) is 59.0 Å².